The molecule has 1 aliphatic heterocycles. The van der Waals surface area contributed by atoms with Gasteiger partial charge in [0.05, 0.1) is 5.60 Å². The van der Waals surface area contributed by atoms with E-state index in [1.54, 1.807) is 0 Å². The van der Waals surface area contributed by atoms with Gasteiger partial charge >= 0.3 is 0 Å². The Balaban J connectivity index is 2.32. The van der Waals surface area contributed by atoms with Crippen LogP contribution in [-0.2, 0) is 4.84 Å². The van der Waals surface area contributed by atoms with Gasteiger partial charge in [-0.15, -0.1) is 0 Å². The van der Waals surface area contributed by atoms with Crippen LogP contribution in [0.2, 0.25) is 0 Å². The van der Waals surface area contributed by atoms with Crippen LogP contribution >= 0.6 is 0 Å². The molecular weight excluding hydrogens is 200 g/mol. The van der Waals surface area contributed by atoms with E-state index in [-0.39, 0.29) is 5.60 Å². The number of likely N-dealkylation sites (tertiary alicyclic amines) is 1. The summed E-state index contributed by atoms with van der Waals surface area (Å²) in [7, 11) is 0. The first-order valence-electron chi connectivity index (χ1n) is 6.58. The van der Waals surface area contributed by atoms with Crippen molar-refractivity contribution in [2.45, 2.75) is 59.1 Å². The molecule has 1 N–H and O–H groups in total. The zero-order valence-electron chi connectivity index (χ0n) is 11.5. The van der Waals surface area contributed by atoms with Gasteiger partial charge in [0.2, 0.25) is 0 Å². The molecule has 3 nitrogen and oxygen atoms in total. The van der Waals surface area contributed by atoms with Crippen LogP contribution in [0.5, 0.6) is 0 Å². The summed E-state index contributed by atoms with van der Waals surface area (Å²) in [5, 5.41) is 0. The van der Waals surface area contributed by atoms with Gasteiger partial charge in [0.15, 0.2) is 0 Å². The maximum atomic E-state index is 5.64. The Bertz CT molecular complexity index is 201. The number of hydrogen-bond acceptors (Lipinski definition) is 3. The van der Waals surface area contributed by atoms with E-state index < -0.39 is 0 Å². The molecule has 16 heavy (non-hydrogen) atoms. The van der Waals surface area contributed by atoms with Gasteiger partial charge in [-0.1, -0.05) is 6.92 Å². The van der Waals surface area contributed by atoms with Crippen molar-refractivity contribution < 1.29 is 4.84 Å². The molecule has 0 bridgehead atoms. The normalized spacial score (nSPS) is 25.7. The van der Waals surface area contributed by atoms with Crippen molar-refractivity contribution in [3.05, 3.63) is 0 Å². The molecule has 2 atom stereocenters. The summed E-state index contributed by atoms with van der Waals surface area (Å²) in [5.41, 5.74) is 3.11. The molecule has 0 aromatic carbocycles. The summed E-state index contributed by atoms with van der Waals surface area (Å²) in [6, 6.07) is 0.438. The average Bonchev–Trinajstić information content (AvgIpc) is 2.25. The Morgan fingerprint density at radius 2 is 2.12 bits per heavy atom. The fourth-order valence-corrected chi connectivity index (χ4v) is 2.15. The van der Waals surface area contributed by atoms with Crippen molar-refractivity contribution in [2.24, 2.45) is 5.92 Å². The van der Waals surface area contributed by atoms with Gasteiger partial charge in [0.25, 0.3) is 0 Å². The van der Waals surface area contributed by atoms with E-state index in [0.717, 1.165) is 5.92 Å². The summed E-state index contributed by atoms with van der Waals surface area (Å²) in [4.78, 5) is 8.18. The van der Waals surface area contributed by atoms with E-state index in [4.69, 9.17) is 4.84 Å². The third kappa shape index (κ3) is 4.81. The second-order valence-electron chi connectivity index (χ2n) is 5.92. The van der Waals surface area contributed by atoms with Crippen LogP contribution in [0, 0.1) is 5.92 Å². The Kier molecular flexibility index (Phi) is 5.22. The summed E-state index contributed by atoms with van der Waals surface area (Å²) < 4.78 is 0. The number of nitrogens with one attached hydrogen (secondary N) is 1. The van der Waals surface area contributed by atoms with Gasteiger partial charge in [-0.05, 0) is 59.5 Å². The highest BCUT2D eigenvalue weighted by molar-refractivity contribution is 4.78. The van der Waals surface area contributed by atoms with Crippen molar-refractivity contribution in [3.8, 4) is 0 Å². The van der Waals surface area contributed by atoms with Crippen LogP contribution in [-0.4, -0.2) is 36.2 Å². The predicted octanol–water partition coefficient (Wildman–Crippen LogP) is 2.43. The maximum Gasteiger partial charge on any atom is 0.0813 e. The Hall–Kier alpha value is -0.120. The maximum absolute atomic E-state index is 5.64. The summed E-state index contributed by atoms with van der Waals surface area (Å²) in [6.45, 7) is 14.3. The zero-order chi connectivity index (χ0) is 12.2. The second kappa shape index (κ2) is 5.99. The van der Waals surface area contributed by atoms with Crippen LogP contribution < -0.4 is 5.48 Å². The molecule has 3 heteroatoms. The van der Waals surface area contributed by atoms with Gasteiger partial charge in [0, 0.05) is 12.6 Å². The van der Waals surface area contributed by atoms with E-state index in [0.29, 0.717) is 6.04 Å². The van der Waals surface area contributed by atoms with Crippen molar-refractivity contribution in [1.29, 1.82) is 0 Å². The minimum Gasteiger partial charge on any atom is -0.303 e. The smallest absolute Gasteiger partial charge is 0.0813 e. The SMILES string of the molecule is CCN1CCCC(C(C)NOC(C)(C)C)C1. The summed E-state index contributed by atoms with van der Waals surface area (Å²) >= 11 is 0. The first-order chi connectivity index (χ1) is 7.42. The van der Waals surface area contributed by atoms with Gasteiger partial charge in [0.1, 0.15) is 0 Å². The predicted molar refractivity (Wildman–Crippen MR) is 68.3 cm³/mol. The standard InChI is InChI=1S/C13H28N2O/c1-6-15-9-7-8-12(10-15)11(2)14-16-13(3,4)5/h11-12,14H,6-10H2,1-5H3. The minimum absolute atomic E-state index is 0.104. The van der Waals surface area contributed by atoms with E-state index in [1.165, 1.54) is 32.5 Å². The molecule has 0 aliphatic carbocycles. The number of nitrogens with zero attached hydrogens (tertiary/aromatic N) is 1. The van der Waals surface area contributed by atoms with Gasteiger partial charge in [-0.3, -0.25) is 4.84 Å². The first-order valence-corrected chi connectivity index (χ1v) is 6.58. The van der Waals surface area contributed by atoms with E-state index in [9.17, 15) is 0 Å². The average molecular weight is 228 g/mol. The highest BCUT2D eigenvalue weighted by Gasteiger charge is 2.24. The number of piperidine rings is 1. The molecule has 0 radical (unpaired) electrons. The minimum atomic E-state index is -0.104. The third-order valence-corrected chi connectivity index (χ3v) is 3.25. The van der Waals surface area contributed by atoms with E-state index in [2.05, 4.69) is 45.0 Å². The Morgan fingerprint density at radius 3 is 2.69 bits per heavy atom. The summed E-state index contributed by atoms with van der Waals surface area (Å²) in [6.07, 6.45) is 2.64. The number of rotatable bonds is 4. The van der Waals surface area contributed by atoms with Gasteiger partial charge in [-0.25, -0.2) is 0 Å². The Morgan fingerprint density at radius 1 is 1.44 bits per heavy atom. The van der Waals surface area contributed by atoms with Crippen molar-refractivity contribution in [1.82, 2.24) is 10.4 Å². The number of hydroxylamine groups is 1. The lowest BCUT2D eigenvalue weighted by molar-refractivity contribution is -0.0969. The van der Waals surface area contributed by atoms with Gasteiger partial charge in [-0.2, -0.15) is 5.48 Å². The topological polar surface area (TPSA) is 24.5 Å². The molecule has 1 aliphatic rings. The van der Waals surface area contributed by atoms with Crippen LogP contribution in [0.15, 0.2) is 0 Å². The van der Waals surface area contributed by atoms with Crippen LogP contribution in [0.1, 0.15) is 47.5 Å². The van der Waals surface area contributed by atoms with Gasteiger partial charge < -0.3 is 4.90 Å². The number of hydrogen-bond donors (Lipinski definition) is 1. The highest BCUT2D eigenvalue weighted by atomic mass is 16.7. The molecule has 96 valence electrons. The molecule has 2 unspecified atom stereocenters. The largest absolute Gasteiger partial charge is 0.303 e. The van der Waals surface area contributed by atoms with E-state index in [1.807, 2.05) is 0 Å². The molecule has 0 aromatic heterocycles. The lowest BCUT2D eigenvalue weighted by Gasteiger charge is -2.36. The zero-order valence-corrected chi connectivity index (χ0v) is 11.5. The monoisotopic (exact) mass is 228 g/mol. The van der Waals surface area contributed by atoms with Crippen molar-refractivity contribution in [3.63, 3.8) is 0 Å². The first kappa shape index (κ1) is 13.9. The lowest BCUT2D eigenvalue weighted by atomic mass is 9.92. The van der Waals surface area contributed by atoms with E-state index >= 15 is 0 Å². The molecule has 0 amide bonds. The fraction of sp³-hybridized carbons (Fsp3) is 1.00. The second-order valence-corrected chi connectivity index (χ2v) is 5.92. The van der Waals surface area contributed by atoms with Crippen LogP contribution in [0.4, 0.5) is 0 Å². The fourth-order valence-electron chi connectivity index (χ4n) is 2.15. The summed E-state index contributed by atoms with van der Waals surface area (Å²) in [5.74, 6) is 0.719. The molecule has 1 heterocycles. The highest BCUT2D eigenvalue weighted by Crippen LogP contribution is 2.20. The molecular formula is C13H28N2O. The third-order valence-electron chi connectivity index (χ3n) is 3.25. The molecule has 0 saturated carbocycles. The molecule has 0 aromatic rings. The molecule has 0 spiro atoms. The Labute approximate surface area is 100 Å². The molecule has 1 fully saturated rings. The lowest BCUT2D eigenvalue weighted by Crippen LogP contribution is -2.46. The van der Waals surface area contributed by atoms with Crippen LogP contribution in [0.3, 0.4) is 0 Å². The van der Waals surface area contributed by atoms with Crippen LogP contribution in [0.25, 0.3) is 0 Å². The molecule has 1 saturated heterocycles. The van der Waals surface area contributed by atoms with Crippen molar-refractivity contribution >= 4 is 0 Å². The molecule has 1 rings (SSSR count). The van der Waals surface area contributed by atoms with Crippen molar-refractivity contribution in [2.75, 3.05) is 19.6 Å². The quantitative estimate of drug-likeness (QED) is 0.748.